The van der Waals surface area contributed by atoms with E-state index in [-0.39, 0.29) is 36.1 Å². The summed E-state index contributed by atoms with van der Waals surface area (Å²) in [6, 6.07) is 15.3. The fraction of sp³-hybridized carbons (Fsp3) is 0.385. The second kappa shape index (κ2) is 15.0. The molecule has 1 amide bonds. The standard InChI is InChI=1S/C39H38F5N3O7S/c40-38(41,26-12-17-32(18-13-26)52-30-6-2-1-3-7-30)35(36(48)46-28-14-15-29(46)23-27(45)22-28)47(54-37(49)39(42,43)44)55(50,51)34-19-11-24-20-33(16-10-25(24)21-34)53-31-8-4-5-9-31/h1-3,6-7,10-13,16-21,27-29,31,35H,4-5,8-9,14-15,22-23,45H2/t27?,28?,29?,35-/m0/s1. The van der Waals surface area contributed by atoms with Gasteiger partial charge in [0, 0.05) is 23.7 Å². The Bertz CT molecular complexity index is 2130. The average molecular weight is 788 g/mol. The average Bonchev–Trinajstić information content (AvgIpc) is 3.76. The first kappa shape index (κ1) is 38.5. The molecule has 7 rings (SSSR count). The summed E-state index contributed by atoms with van der Waals surface area (Å²) in [6.45, 7) is 0. The van der Waals surface area contributed by atoms with Gasteiger partial charge in [0.15, 0.2) is 0 Å². The van der Waals surface area contributed by atoms with Crippen LogP contribution in [0.5, 0.6) is 17.2 Å². The van der Waals surface area contributed by atoms with Crippen LogP contribution >= 0.6 is 0 Å². The van der Waals surface area contributed by atoms with Crippen molar-refractivity contribution in [2.24, 2.45) is 5.73 Å². The summed E-state index contributed by atoms with van der Waals surface area (Å²) in [7, 11) is -5.64. The third-order valence-corrected chi connectivity index (χ3v) is 12.0. The maximum atomic E-state index is 17.1. The minimum absolute atomic E-state index is 0.0172. The molecule has 55 heavy (non-hydrogen) atoms. The largest absolute Gasteiger partial charge is 0.492 e. The summed E-state index contributed by atoms with van der Waals surface area (Å²) in [5, 5.41) is 0.735. The Morgan fingerprint density at radius 2 is 1.35 bits per heavy atom. The Morgan fingerprint density at radius 3 is 1.98 bits per heavy atom. The molecule has 0 aromatic heterocycles. The molecule has 2 aliphatic heterocycles. The number of carbonyl (C=O) groups is 2. The molecule has 2 saturated heterocycles. The second-order valence-electron chi connectivity index (χ2n) is 14.2. The summed E-state index contributed by atoms with van der Waals surface area (Å²) >= 11 is 0. The lowest BCUT2D eigenvalue weighted by molar-refractivity contribution is -0.240. The number of hydroxylamine groups is 1. The smallest absolute Gasteiger partial charge is 0.490 e. The fourth-order valence-electron chi connectivity index (χ4n) is 7.74. The number of rotatable bonds is 11. The van der Waals surface area contributed by atoms with Crippen LogP contribution < -0.4 is 15.2 Å². The lowest BCUT2D eigenvalue weighted by Crippen LogP contribution is -2.62. The van der Waals surface area contributed by atoms with E-state index in [1.807, 2.05) is 0 Å². The molecular weight excluding hydrogens is 749 g/mol. The topological polar surface area (TPSA) is 128 Å². The Morgan fingerprint density at radius 1 is 0.764 bits per heavy atom. The third kappa shape index (κ3) is 7.98. The first-order chi connectivity index (χ1) is 26.1. The van der Waals surface area contributed by atoms with Gasteiger partial charge in [-0.25, -0.2) is 13.2 Å². The molecule has 2 unspecified atom stereocenters. The van der Waals surface area contributed by atoms with Crippen LogP contribution in [0.25, 0.3) is 10.8 Å². The van der Waals surface area contributed by atoms with E-state index < -0.39 is 67.1 Å². The molecule has 2 heterocycles. The minimum atomic E-state index is -5.83. The zero-order valence-corrected chi connectivity index (χ0v) is 30.1. The van der Waals surface area contributed by atoms with Crippen molar-refractivity contribution in [3.8, 4) is 17.2 Å². The first-order valence-corrected chi connectivity index (χ1v) is 19.4. The first-order valence-electron chi connectivity index (χ1n) is 17.9. The number of carbonyl (C=O) groups excluding carboxylic acids is 2. The van der Waals surface area contributed by atoms with Gasteiger partial charge in [-0.15, -0.1) is 0 Å². The van der Waals surface area contributed by atoms with Crippen LogP contribution in [0.15, 0.2) is 95.9 Å². The van der Waals surface area contributed by atoms with Gasteiger partial charge in [0.2, 0.25) is 6.04 Å². The molecule has 4 aromatic rings. The lowest BCUT2D eigenvalue weighted by atomic mass is 9.94. The Kier molecular flexibility index (Phi) is 10.5. The van der Waals surface area contributed by atoms with Crippen LogP contribution in [0.4, 0.5) is 22.0 Å². The van der Waals surface area contributed by atoms with Gasteiger partial charge in [-0.1, -0.05) is 30.3 Å². The highest BCUT2D eigenvalue weighted by atomic mass is 32.2. The normalized spacial score (nSPS) is 21.1. The fourth-order valence-corrected chi connectivity index (χ4v) is 9.13. The number of benzene rings is 4. The Balaban J connectivity index is 1.31. The number of nitrogens with two attached hydrogens (primary N) is 1. The number of halogens is 5. The van der Waals surface area contributed by atoms with Crippen molar-refractivity contribution in [3.63, 3.8) is 0 Å². The Hall–Kier alpha value is -4.80. The van der Waals surface area contributed by atoms with E-state index in [0.717, 1.165) is 67.0 Å². The second-order valence-corrected chi connectivity index (χ2v) is 15.9. The molecule has 1 saturated carbocycles. The summed E-state index contributed by atoms with van der Waals surface area (Å²) in [6.07, 6.45) is -0.924. The van der Waals surface area contributed by atoms with Gasteiger partial charge in [-0.3, -0.25) is 4.79 Å². The van der Waals surface area contributed by atoms with E-state index >= 15 is 8.78 Å². The van der Waals surface area contributed by atoms with Crippen molar-refractivity contribution in [1.29, 1.82) is 0 Å². The van der Waals surface area contributed by atoms with Gasteiger partial charge in [0.1, 0.15) is 17.2 Å². The molecule has 3 aliphatic rings. The molecule has 3 fully saturated rings. The molecule has 16 heteroatoms. The minimum Gasteiger partial charge on any atom is -0.490 e. The van der Waals surface area contributed by atoms with Gasteiger partial charge in [0.25, 0.3) is 15.9 Å². The number of nitrogens with zero attached hydrogens (tertiary/aromatic N) is 2. The van der Waals surface area contributed by atoms with Crippen LogP contribution in [0, 0.1) is 0 Å². The number of piperidine rings is 1. The molecule has 10 nitrogen and oxygen atoms in total. The summed E-state index contributed by atoms with van der Waals surface area (Å²) in [5.74, 6) is -8.26. The lowest BCUT2D eigenvalue weighted by Gasteiger charge is -2.42. The molecule has 1 aliphatic carbocycles. The maximum absolute atomic E-state index is 17.1. The zero-order chi connectivity index (χ0) is 39.1. The molecule has 0 spiro atoms. The highest BCUT2D eigenvalue weighted by molar-refractivity contribution is 7.89. The summed E-state index contributed by atoms with van der Waals surface area (Å²) in [4.78, 5) is 31.6. The van der Waals surface area contributed by atoms with Crippen LogP contribution in [0.1, 0.15) is 56.9 Å². The number of hydrogen-bond acceptors (Lipinski definition) is 8. The van der Waals surface area contributed by atoms with Crippen molar-refractivity contribution < 1.29 is 54.3 Å². The van der Waals surface area contributed by atoms with Gasteiger partial charge in [-0.2, -0.15) is 22.0 Å². The van der Waals surface area contributed by atoms with Crippen LogP contribution in [0.2, 0.25) is 0 Å². The van der Waals surface area contributed by atoms with Gasteiger partial charge < -0.3 is 24.9 Å². The number of hydrogen-bond donors (Lipinski definition) is 1. The molecule has 3 atom stereocenters. The van der Waals surface area contributed by atoms with Crippen LogP contribution in [-0.4, -0.2) is 66.1 Å². The van der Waals surface area contributed by atoms with E-state index in [1.54, 1.807) is 42.5 Å². The number of amides is 1. The predicted octanol–water partition coefficient (Wildman–Crippen LogP) is 7.61. The van der Waals surface area contributed by atoms with Gasteiger partial charge >= 0.3 is 18.1 Å². The molecule has 4 aromatic carbocycles. The zero-order valence-electron chi connectivity index (χ0n) is 29.3. The van der Waals surface area contributed by atoms with E-state index in [2.05, 4.69) is 4.84 Å². The highest BCUT2D eigenvalue weighted by Gasteiger charge is 2.60. The summed E-state index contributed by atoms with van der Waals surface area (Å²) in [5.41, 5.74) is 5.19. The van der Waals surface area contributed by atoms with Crippen LogP contribution in [-0.2, 0) is 30.4 Å². The van der Waals surface area contributed by atoms with E-state index in [9.17, 15) is 31.2 Å². The summed E-state index contributed by atoms with van der Waals surface area (Å²) < 4.78 is 116. The SMILES string of the molecule is NC1CC2CCC(C1)N2C(=O)[C@H](N(OC(=O)C(F)(F)F)S(=O)(=O)c1ccc2cc(OC3CCCC3)ccc2c1)C(F)(F)c1ccc(Oc2ccccc2)cc1. The number of ether oxygens (including phenoxy) is 2. The van der Waals surface area contributed by atoms with Crippen molar-refractivity contribution in [2.45, 2.75) is 98.6 Å². The van der Waals surface area contributed by atoms with Gasteiger partial charge in [0.05, 0.1) is 11.0 Å². The quantitative estimate of drug-likeness (QED) is 0.122. The Labute approximate surface area is 313 Å². The van der Waals surface area contributed by atoms with E-state index in [0.29, 0.717) is 29.7 Å². The number of fused-ring (bicyclic) bond motifs is 3. The van der Waals surface area contributed by atoms with E-state index in [1.165, 1.54) is 12.1 Å². The highest BCUT2D eigenvalue weighted by Crippen LogP contribution is 2.44. The number of alkyl halides is 5. The molecular formula is C39H38F5N3O7S. The van der Waals surface area contributed by atoms with E-state index in [4.69, 9.17) is 15.2 Å². The molecule has 2 bridgehead atoms. The maximum Gasteiger partial charge on any atom is 0.492 e. The number of sulfonamides is 1. The van der Waals surface area contributed by atoms with Crippen molar-refractivity contribution >= 4 is 32.7 Å². The van der Waals surface area contributed by atoms with Crippen molar-refractivity contribution in [1.82, 2.24) is 9.37 Å². The molecule has 0 radical (unpaired) electrons. The molecule has 292 valence electrons. The monoisotopic (exact) mass is 787 g/mol. The van der Waals surface area contributed by atoms with Crippen LogP contribution in [0.3, 0.4) is 0 Å². The van der Waals surface area contributed by atoms with Gasteiger partial charge in [-0.05, 0) is 127 Å². The number of para-hydroxylation sites is 1. The third-order valence-electron chi connectivity index (χ3n) is 10.4. The van der Waals surface area contributed by atoms with Crippen molar-refractivity contribution in [2.75, 3.05) is 0 Å². The van der Waals surface area contributed by atoms with Crippen molar-refractivity contribution in [3.05, 3.63) is 96.6 Å². The predicted molar refractivity (Wildman–Crippen MR) is 190 cm³/mol. The molecule has 2 N–H and O–H groups in total.